The van der Waals surface area contributed by atoms with Gasteiger partial charge in [0.25, 0.3) is 5.91 Å². The van der Waals surface area contributed by atoms with E-state index in [0.717, 1.165) is 0 Å². The van der Waals surface area contributed by atoms with Crippen LogP contribution in [0.15, 0.2) is 18.2 Å². The summed E-state index contributed by atoms with van der Waals surface area (Å²) < 4.78 is 4.96. The van der Waals surface area contributed by atoms with Crippen LogP contribution in [0.2, 0.25) is 0 Å². The highest BCUT2D eigenvalue weighted by Gasteiger charge is 2.06. The Kier molecular flexibility index (Phi) is 3.06. The summed E-state index contributed by atoms with van der Waals surface area (Å²) >= 11 is 0. The predicted molar refractivity (Wildman–Crippen MR) is 52.1 cm³/mol. The number of hydrogen-bond acceptors (Lipinski definition) is 4. The lowest BCUT2D eigenvalue weighted by atomic mass is 10.2. The number of carbonyl (C=O) groups is 2. The number of carbonyl (C=O) groups excluding carboxylic acids is 2. The second kappa shape index (κ2) is 4.27. The van der Waals surface area contributed by atoms with Gasteiger partial charge in [-0.15, -0.1) is 0 Å². The van der Waals surface area contributed by atoms with Gasteiger partial charge in [-0.3, -0.25) is 9.59 Å². The van der Waals surface area contributed by atoms with Gasteiger partial charge in [0.2, 0.25) is 6.29 Å². The van der Waals surface area contributed by atoms with Crippen LogP contribution in [0.25, 0.3) is 0 Å². The van der Waals surface area contributed by atoms with Gasteiger partial charge in [0.05, 0.1) is 12.8 Å². The van der Waals surface area contributed by atoms with Crippen LogP contribution < -0.4 is 15.8 Å². The standard InChI is InChI=1S/C9H10N2O3/c1-14-8-4-6(10)2-3-7(8)11-9(13)5-12/h2-5H,10H2,1H3,(H,11,13). The molecule has 14 heavy (non-hydrogen) atoms. The molecular formula is C9H10N2O3. The molecule has 74 valence electrons. The molecule has 1 amide bonds. The highest BCUT2D eigenvalue weighted by atomic mass is 16.5. The molecule has 0 radical (unpaired) electrons. The Morgan fingerprint density at radius 1 is 1.57 bits per heavy atom. The van der Waals surface area contributed by atoms with Crippen molar-refractivity contribution in [3.8, 4) is 5.75 Å². The summed E-state index contributed by atoms with van der Waals surface area (Å²) in [6.45, 7) is 0. The van der Waals surface area contributed by atoms with Crippen molar-refractivity contribution >= 4 is 23.6 Å². The zero-order chi connectivity index (χ0) is 10.6. The maximum Gasteiger partial charge on any atom is 0.288 e. The zero-order valence-corrected chi connectivity index (χ0v) is 7.61. The van der Waals surface area contributed by atoms with Gasteiger partial charge < -0.3 is 15.8 Å². The summed E-state index contributed by atoms with van der Waals surface area (Å²) in [4.78, 5) is 20.9. The molecule has 1 aromatic rings. The molecule has 0 bridgehead atoms. The maximum absolute atomic E-state index is 10.8. The average molecular weight is 194 g/mol. The first kappa shape index (κ1) is 10.0. The fourth-order valence-electron chi connectivity index (χ4n) is 0.973. The lowest BCUT2D eigenvalue weighted by molar-refractivity contribution is -0.127. The Morgan fingerprint density at radius 2 is 2.29 bits per heavy atom. The van der Waals surface area contributed by atoms with Gasteiger partial charge in [0.15, 0.2) is 0 Å². The first-order valence-electron chi connectivity index (χ1n) is 3.87. The van der Waals surface area contributed by atoms with Crippen LogP contribution in [-0.4, -0.2) is 19.3 Å². The quantitative estimate of drug-likeness (QED) is 0.415. The Hall–Kier alpha value is -2.04. The number of hydrogen-bond donors (Lipinski definition) is 2. The number of nitrogens with two attached hydrogens (primary N) is 1. The van der Waals surface area contributed by atoms with E-state index in [4.69, 9.17) is 10.5 Å². The minimum Gasteiger partial charge on any atom is -0.494 e. The third-order valence-electron chi connectivity index (χ3n) is 1.59. The summed E-state index contributed by atoms with van der Waals surface area (Å²) in [6.07, 6.45) is 0.190. The Morgan fingerprint density at radius 3 is 2.86 bits per heavy atom. The summed E-state index contributed by atoms with van der Waals surface area (Å²) in [5.74, 6) is -0.312. The smallest absolute Gasteiger partial charge is 0.288 e. The summed E-state index contributed by atoms with van der Waals surface area (Å²) in [5, 5.41) is 2.35. The summed E-state index contributed by atoms with van der Waals surface area (Å²) in [6, 6.07) is 4.72. The highest BCUT2D eigenvalue weighted by molar-refractivity contribution is 6.29. The van der Waals surface area contributed by atoms with Crippen molar-refractivity contribution < 1.29 is 14.3 Å². The predicted octanol–water partition coefficient (Wildman–Crippen LogP) is 0.415. The summed E-state index contributed by atoms with van der Waals surface area (Å²) in [5.41, 5.74) is 6.44. The molecule has 3 N–H and O–H groups in total. The highest BCUT2D eigenvalue weighted by Crippen LogP contribution is 2.26. The van der Waals surface area contributed by atoms with E-state index in [1.807, 2.05) is 0 Å². The van der Waals surface area contributed by atoms with Crippen LogP contribution in [-0.2, 0) is 9.59 Å². The van der Waals surface area contributed by atoms with Crippen molar-refractivity contribution in [2.75, 3.05) is 18.2 Å². The van der Waals surface area contributed by atoms with Crippen LogP contribution in [0.5, 0.6) is 5.75 Å². The molecule has 1 rings (SSSR count). The van der Waals surface area contributed by atoms with Gasteiger partial charge in [-0.2, -0.15) is 0 Å². The molecule has 0 heterocycles. The van der Waals surface area contributed by atoms with Gasteiger partial charge >= 0.3 is 0 Å². The molecule has 0 aliphatic rings. The van der Waals surface area contributed by atoms with E-state index >= 15 is 0 Å². The number of rotatable bonds is 3. The molecule has 0 saturated carbocycles. The molecule has 5 nitrogen and oxygen atoms in total. The molecule has 0 saturated heterocycles. The van der Waals surface area contributed by atoms with Crippen LogP contribution >= 0.6 is 0 Å². The number of aldehydes is 1. The van der Waals surface area contributed by atoms with Crippen LogP contribution in [0, 0.1) is 0 Å². The van der Waals surface area contributed by atoms with Gasteiger partial charge in [-0.05, 0) is 12.1 Å². The van der Waals surface area contributed by atoms with Crippen molar-refractivity contribution in [3.63, 3.8) is 0 Å². The number of anilines is 2. The lowest BCUT2D eigenvalue weighted by Crippen LogP contribution is -2.13. The second-order valence-corrected chi connectivity index (χ2v) is 2.57. The fraction of sp³-hybridized carbons (Fsp3) is 0.111. The monoisotopic (exact) mass is 194 g/mol. The van der Waals surface area contributed by atoms with Gasteiger partial charge in [-0.25, -0.2) is 0 Å². The van der Waals surface area contributed by atoms with E-state index in [-0.39, 0.29) is 6.29 Å². The Bertz CT molecular complexity index is 363. The maximum atomic E-state index is 10.8. The fourth-order valence-corrected chi connectivity index (χ4v) is 0.973. The molecule has 0 fully saturated rings. The van der Waals surface area contributed by atoms with E-state index in [9.17, 15) is 9.59 Å². The van der Waals surface area contributed by atoms with Crippen molar-refractivity contribution in [1.82, 2.24) is 0 Å². The van der Waals surface area contributed by atoms with E-state index in [1.54, 1.807) is 18.2 Å². The molecular weight excluding hydrogens is 184 g/mol. The number of nitrogen functional groups attached to an aromatic ring is 1. The SMILES string of the molecule is COc1cc(N)ccc1NC(=O)C=O. The topological polar surface area (TPSA) is 81.4 Å². The van der Waals surface area contributed by atoms with Gasteiger partial charge in [-0.1, -0.05) is 0 Å². The van der Waals surface area contributed by atoms with E-state index in [2.05, 4.69) is 5.32 Å². The number of ether oxygens (including phenoxy) is 1. The minimum atomic E-state index is -0.729. The Labute approximate surface area is 80.9 Å². The van der Waals surface area contributed by atoms with E-state index < -0.39 is 5.91 Å². The van der Waals surface area contributed by atoms with Crippen molar-refractivity contribution in [2.45, 2.75) is 0 Å². The normalized spacial score (nSPS) is 9.21. The molecule has 0 spiro atoms. The number of amides is 1. The molecule has 1 aromatic carbocycles. The van der Waals surface area contributed by atoms with Crippen LogP contribution in [0.3, 0.4) is 0 Å². The zero-order valence-electron chi connectivity index (χ0n) is 7.61. The van der Waals surface area contributed by atoms with Crippen LogP contribution in [0.4, 0.5) is 11.4 Å². The van der Waals surface area contributed by atoms with Gasteiger partial charge in [0.1, 0.15) is 5.75 Å². The third kappa shape index (κ3) is 2.22. The second-order valence-electron chi connectivity index (χ2n) is 2.57. The Balaban J connectivity index is 2.96. The molecule has 0 unspecified atom stereocenters. The first-order chi connectivity index (χ1) is 6.67. The number of benzene rings is 1. The largest absolute Gasteiger partial charge is 0.494 e. The minimum absolute atomic E-state index is 0.190. The average Bonchev–Trinajstić information content (AvgIpc) is 2.20. The van der Waals surface area contributed by atoms with Crippen molar-refractivity contribution in [3.05, 3.63) is 18.2 Å². The lowest BCUT2D eigenvalue weighted by Gasteiger charge is -2.08. The molecule has 0 aromatic heterocycles. The molecule has 0 aliphatic heterocycles. The number of nitrogens with one attached hydrogen (secondary N) is 1. The van der Waals surface area contributed by atoms with Crippen LogP contribution in [0.1, 0.15) is 0 Å². The molecule has 5 heteroatoms. The van der Waals surface area contributed by atoms with Gasteiger partial charge in [0, 0.05) is 11.8 Å². The van der Waals surface area contributed by atoms with Crippen molar-refractivity contribution in [1.29, 1.82) is 0 Å². The first-order valence-corrected chi connectivity index (χ1v) is 3.87. The van der Waals surface area contributed by atoms with Crippen molar-refractivity contribution in [2.24, 2.45) is 0 Å². The third-order valence-corrected chi connectivity index (χ3v) is 1.59. The summed E-state index contributed by atoms with van der Waals surface area (Å²) in [7, 11) is 1.45. The van der Waals surface area contributed by atoms with E-state index in [1.165, 1.54) is 7.11 Å². The molecule has 0 atom stereocenters. The number of methoxy groups -OCH3 is 1. The molecule has 0 aliphatic carbocycles. The van der Waals surface area contributed by atoms with E-state index in [0.29, 0.717) is 17.1 Å².